The van der Waals surface area contributed by atoms with Gasteiger partial charge in [0, 0.05) is 25.3 Å². The fraction of sp³-hybridized carbons (Fsp3) is 0.368. The molecule has 1 heterocycles. The largest absolute Gasteiger partial charge is 0.481 e. The van der Waals surface area contributed by atoms with Gasteiger partial charge >= 0.3 is 5.97 Å². The van der Waals surface area contributed by atoms with Gasteiger partial charge in [0.1, 0.15) is 0 Å². The summed E-state index contributed by atoms with van der Waals surface area (Å²) in [5.74, 6) is -1.62. The third kappa shape index (κ3) is 3.57. The lowest BCUT2D eigenvalue weighted by Crippen LogP contribution is -2.39. The molecule has 2 aromatic carbocycles. The molecule has 3 rings (SSSR count). The lowest BCUT2D eigenvalue weighted by molar-refractivity contribution is -0.144. The molecule has 2 N–H and O–H groups in total. The molecule has 2 aromatic rings. The van der Waals surface area contributed by atoms with Crippen molar-refractivity contribution in [2.24, 2.45) is 11.8 Å². The lowest BCUT2D eigenvalue weighted by atomic mass is 9.86. The molecule has 0 radical (unpaired) electrons. The summed E-state index contributed by atoms with van der Waals surface area (Å²) >= 11 is 0. The second kappa shape index (κ2) is 7.45. The van der Waals surface area contributed by atoms with Crippen molar-refractivity contribution < 1.29 is 19.4 Å². The number of ether oxygens (including phenoxy) is 1. The number of carbonyl (C=O) groups is 2. The topological polar surface area (TPSA) is 75.6 Å². The van der Waals surface area contributed by atoms with Gasteiger partial charge in [-0.2, -0.15) is 0 Å². The van der Waals surface area contributed by atoms with Crippen LogP contribution in [0.5, 0.6) is 0 Å². The Labute approximate surface area is 140 Å². The molecule has 0 aromatic heterocycles. The van der Waals surface area contributed by atoms with Gasteiger partial charge < -0.3 is 15.2 Å². The van der Waals surface area contributed by atoms with E-state index in [2.05, 4.69) is 5.32 Å². The average Bonchev–Trinajstić information content (AvgIpc) is 2.62. The molecule has 0 spiro atoms. The van der Waals surface area contributed by atoms with Crippen molar-refractivity contribution >= 4 is 22.6 Å². The van der Waals surface area contributed by atoms with Crippen LogP contribution in [-0.4, -0.2) is 36.7 Å². The van der Waals surface area contributed by atoms with Gasteiger partial charge in [-0.3, -0.25) is 9.59 Å². The van der Waals surface area contributed by atoms with Crippen LogP contribution in [0.2, 0.25) is 0 Å². The van der Waals surface area contributed by atoms with Crippen molar-refractivity contribution in [2.75, 3.05) is 19.8 Å². The Balaban J connectivity index is 1.72. The molecule has 1 amide bonds. The van der Waals surface area contributed by atoms with E-state index in [1.54, 1.807) is 6.07 Å². The van der Waals surface area contributed by atoms with Crippen LogP contribution in [0.15, 0.2) is 42.5 Å². The van der Waals surface area contributed by atoms with E-state index in [1.807, 2.05) is 36.4 Å². The summed E-state index contributed by atoms with van der Waals surface area (Å²) in [7, 11) is 0. The van der Waals surface area contributed by atoms with Crippen LogP contribution in [0.3, 0.4) is 0 Å². The highest BCUT2D eigenvalue weighted by Gasteiger charge is 2.30. The number of fused-ring (bicyclic) bond motifs is 1. The highest BCUT2D eigenvalue weighted by Crippen LogP contribution is 2.24. The SMILES string of the molecule is O=C(NCC(C(=O)O)C1CCOCC1)c1cccc2ccccc12. The van der Waals surface area contributed by atoms with Gasteiger partial charge in [-0.1, -0.05) is 36.4 Å². The van der Waals surface area contributed by atoms with E-state index in [-0.39, 0.29) is 18.4 Å². The van der Waals surface area contributed by atoms with Crippen molar-refractivity contribution in [3.05, 3.63) is 48.0 Å². The second-order valence-electron chi connectivity index (χ2n) is 6.13. The molecule has 1 aliphatic rings. The van der Waals surface area contributed by atoms with E-state index >= 15 is 0 Å². The molecule has 1 atom stereocenters. The van der Waals surface area contributed by atoms with Crippen LogP contribution in [-0.2, 0) is 9.53 Å². The molecular formula is C19H21NO4. The molecule has 5 nitrogen and oxygen atoms in total. The van der Waals surface area contributed by atoms with Crippen molar-refractivity contribution in [1.29, 1.82) is 0 Å². The van der Waals surface area contributed by atoms with Crippen LogP contribution in [0.1, 0.15) is 23.2 Å². The van der Waals surface area contributed by atoms with Crippen LogP contribution >= 0.6 is 0 Å². The van der Waals surface area contributed by atoms with Gasteiger partial charge in [-0.15, -0.1) is 0 Å². The fourth-order valence-electron chi connectivity index (χ4n) is 3.30. The van der Waals surface area contributed by atoms with Gasteiger partial charge in [0.05, 0.1) is 5.92 Å². The summed E-state index contributed by atoms with van der Waals surface area (Å²) in [6.45, 7) is 1.32. The maximum absolute atomic E-state index is 12.5. The number of aliphatic carboxylic acids is 1. The zero-order valence-corrected chi connectivity index (χ0v) is 13.4. The molecule has 1 saturated heterocycles. The van der Waals surface area contributed by atoms with Gasteiger partial charge in [-0.25, -0.2) is 0 Å². The van der Waals surface area contributed by atoms with E-state index in [1.165, 1.54) is 0 Å². The monoisotopic (exact) mass is 327 g/mol. The van der Waals surface area contributed by atoms with Crippen LogP contribution in [0, 0.1) is 11.8 Å². The highest BCUT2D eigenvalue weighted by molar-refractivity contribution is 6.07. The molecule has 1 aliphatic heterocycles. The van der Waals surface area contributed by atoms with Gasteiger partial charge in [0.25, 0.3) is 5.91 Å². The minimum absolute atomic E-state index is 0.0454. The van der Waals surface area contributed by atoms with Crippen LogP contribution in [0.25, 0.3) is 10.8 Å². The van der Waals surface area contributed by atoms with Crippen LogP contribution in [0.4, 0.5) is 0 Å². The lowest BCUT2D eigenvalue weighted by Gasteiger charge is -2.27. The predicted molar refractivity (Wildman–Crippen MR) is 91.0 cm³/mol. The van der Waals surface area contributed by atoms with Crippen molar-refractivity contribution in [3.63, 3.8) is 0 Å². The van der Waals surface area contributed by atoms with Crippen molar-refractivity contribution in [1.82, 2.24) is 5.32 Å². The normalized spacial score (nSPS) is 16.7. The predicted octanol–water partition coefficient (Wildman–Crippen LogP) is 2.70. The first-order chi connectivity index (χ1) is 11.7. The number of benzene rings is 2. The number of carbonyl (C=O) groups excluding carboxylic acids is 1. The van der Waals surface area contributed by atoms with Gasteiger partial charge in [0.2, 0.25) is 0 Å². The zero-order chi connectivity index (χ0) is 16.9. The Bertz CT molecular complexity index is 732. The molecule has 5 heteroatoms. The van der Waals surface area contributed by atoms with Gasteiger partial charge in [0.15, 0.2) is 0 Å². The van der Waals surface area contributed by atoms with Crippen molar-refractivity contribution in [2.45, 2.75) is 12.8 Å². The number of hydrogen-bond donors (Lipinski definition) is 2. The minimum atomic E-state index is -0.861. The molecule has 24 heavy (non-hydrogen) atoms. The number of nitrogens with one attached hydrogen (secondary N) is 1. The Kier molecular flexibility index (Phi) is 5.11. The van der Waals surface area contributed by atoms with Crippen LogP contribution < -0.4 is 5.32 Å². The Morgan fingerprint density at radius 2 is 1.83 bits per heavy atom. The number of hydrogen-bond acceptors (Lipinski definition) is 3. The number of carboxylic acids is 1. The average molecular weight is 327 g/mol. The quantitative estimate of drug-likeness (QED) is 0.885. The van der Waals surface area contributed by atoms with E-state index in [9.17, 15) is 14.7 Å². The summed E-state index contributed by atoms with van der Waals surface area (Å²) < 4.78 is 5.29. The summed E-state index contributed by atoms with van der Waals surface area (Å²) in [4.78, 5) is 24.1. The van der Waals surface area contributed by atoms with Crippen molar-refractivity contribution in [3.8, 4) is 0 Å². The molecule has 1 unspecified atom stereocenters. The second-order valence-corrected chi connectivity index (χ2v) is 6.13. The Morgan fingerprint density at radius 1 is 1.12 bits per heavy atom. The first kappa shape index (κ1) is 16.5. The zero-order valence-electron chi connectivity index (χ0n) is 13.4. The summed E-state index contributed by atoms with van der Waals surface area (Å²) in [6.07, 6.45) is 1.45. The Hall–Kier alpha value is -2.40. The summed E-state index contributed by atoms with van der Waals surface area (Å²) in [5.41, 5.74) is 0.573. The highest BCUT2D eigenvalue weighted by atomic mass is 16.5. The van der Waals surface area contributed by atoms with Gasteiger partial charge in [-0.05, 0) is 35.6 Å². The first-order valence-corrected chi connectivity index (χ1v) is 8.23. The maximum Gasteiger partial charge on any atom is 0.308 e. The molecule has 0 saturated carbocycles. The van der Waals surface area contributed by atoms with E-state index in [0.29, 0.717) is 18.8 Å². The molecule has 0 aliphatic carbocycles. The maximum atomic E-state index is 12.5. The number of rotatable bonds is 5. The first-order valence-electron chi connectivity index (χ1n) is 8.23. The molecule has 0 bridgehead atoms. The molecule has 1 fully saturated rings. The third-order valence-corrected chi connectivity index (χ3v) is 4.67. The summed E-state index contributed by atoms with van der Waals surface area (Å²) in [5, 5.41) is 14.2. The fourth-order valence-corrected chi connectivity index (χ4v) is 3.30. The molecular weight excluding hydrogens is 306 g/mol. The smallest absolute Gasteiger partial charge is 0.308 e. The third-order valence-electron chi connectivity index (χ3n) is 4.67. The Morgan fingerprint density at radius 3 is 2.58 bits per heavy atom. The minimum Gasteiger partial charge on any atom is -0.481 e. The standard InChI is InChI=1S/C19H21NO4/c21-18(16-7-3-5-13-4-1-2-6-15(13)16)20-12-17(19(22)23)14-8-10-24-11-9-14/h1-7,14,17H,8-12H2,(H,20,21)(H,22,23). The van der Waals surface area contributed by atoms with E-state index < -0.39 is 11.9 Å². The summed E-state index contributed by atoms with van der Waals surface area (Å²) in [6, 6.07) is 13.2. The number of carboxylic acid groups (broad SMARTS) is 1. The number of amides is 1. The van der Waals surface area contributed by atoms with E-state index in [0.717, 1.165) is 23.6 Å². The molecule has 126 valence electrons. The van der Waals surface area contributed by atoms with E-state index in [4.69, 9.17) is 4.74 Å².